The van der Waals surface area contributed by atoms with Crippen LogP contribution < -0.4 is 11.1 Å². The molecule has 0 fully saturated rings. The van der Waals surface area contributed by atoms with Gasteiger partial charge < -0.3 is 15.5 Å². The molecule has 1 atom stereocenters. The number of aryl methyl sites for hydroxylation is 3. The number of pyridine rings is 1. The van der Waals surface area contributed by atoms with E-state index in [0.29, 0.717) is 28.5 Å². The van der Waals surface area contributed by atoms with Crippen LogP contribution in [0.5, 0.6) is 0 Å². The van der Waals surface area contributed by atoms with Crippen LogP contribution in [0.1, 0.15) is 61.5 Å². The highest BCUT2D eigenvalue weighted by molar-refractivity contribution is 14.0. The van der Waals surface area contributed by atoms with E-state index in [-0.39, 0.29) is 38.6 Å². The molecule has 0 unspecified atom stereocenters. The maximum absolute atomic E-state index is 9.28. The van der Waals surface area contributed by atoms with Gasteiger partial charge in [-0.05, 0) is 56.0 Å². The average Bonchev–Trinajstić information content (AvgIpc) is 3.15. The summed E-state index contributed by atoms with van der Waals surface area (Å²) in [4.78, 5) is 8.77. The SMILES string of the molecule is Cc1ncc(C(=N)c2cc(N[C@@H]3CCCc4cc(C#N)c(C)nc43)ccc2N)o1.I.[HH].[HH]. The van der Waals surface area contributed by atoms with Gasteiger partial charge in [0.25, 0.3) is 0 Å². The third-order valence-electron chi connectivity index (χ3n) is 5.25. The van der Waals surface area contributed by atoms with Gasteiger partial charge in [-0.1, -0.05) is 0 Å². The third-order valence-corrected chi connectivity index (χ3v) is 5.25. The lowest BCUT2D eigenvalue weighted by Gasteiger charge is -2.27. The zero-order valence-corrected chi connectivity index (χ0v) is 19.2. The van der Waals surface area contributed by atoms with Crippen LogP contribution >= 0.6 is 24.0 Å². The molecule has 4 N–H and O–H groups in total. The first-order valence-corrected chi connectivity index (χ1v) is 9.54. The average molecular weight is 518 g/mol. The summed E-state index contributed by atoms with van der Waals surface area (Å²) in [7, 11) is 0. The summed E-state index contributed by atoms with van der Waals surface area (Å²) in [6, 6.07) is 9.78. The van der Waals surface area contributed by atoms with Crippen molar-refractivity contribution >= 4 is 41.1 Å². The molecule has 0 bridgehead atoms. The van der Waals surface area contributed by atoms with Crippen molar-refractivity contribution in [3.8, 4) is 6.07 Å². The minimum absolute atomic E-state index is 0. The standard InChI is InChI=1S/C22H22N6O.HI.2H2/c1-12-15(10-23)8-14-4-3-5-19(22(14)27-12)28-16-6-7-18(24)17(9-16)21(25)20-11-26-13(2)29-20;;;/h6-9,11,19,25,28H,3-5,24H2,1-2H3;3*1H/t19-;;;/m1.../s1. The number of fused-ring (bicyclic) bond motifs is 1. The molecule has 7 nitrogen and oxygen atoms in total. The number of hydrogen-bond acceptors (Lipinski definition) is 7. The highest BCUT2D eigenvalue weighted by atomic mass is 127. The van der Waals surface area contributed by atoms with E-state index in [2.05, 4.69) is 16.4 Å². The Balaban J connectivity index is 0.00000171. The van der Waals surface area contributed by atoms with Crippen molar-refractivity contribution in [1.82, 2.24) is 9.97 Å². The molecule has 8 heteroatoms. The summed E-state index contributed by atoms with van der Waals surface area (Å²) >= 11 is 0. The van der Waals surface area contributed by atoms with E-state index in [1.54, 1.807) is 13.0 Å². The Morgan fingerprint density at radius 2 is 2.17 bits per heavy atom. The third kappa shape index (κ3) is 4.16. The Bertz CT molecular complexity index is 1160. The Morgan fingerprint density at radius 1 is 1.37 bits per heavy atom. The van der Waals surface area contributed by atoms with Crippen molar-refractivity contribution in [1.29, 1.82) is 10.7 Å². The fraction of sp³-hybridized carbons (Fsp3) is 0.273. The van der Waals surface area contributed by atoms with Crippen molar-refractivity contribution < 1.29 is 7.27 Å². The maximum atomic E-state index is 9.28. The number of hydrogen-bond donors (Lipinski definition) is 3. The van der Waals surface area contributed by atoms with Crippen LogP contribution in [-0.4, -0.2) is 15.7 Å². The van der Waals surface area contributed by atoms with Gasteiger partial charge in [0.1, 0.15) is 11.8 Å². The minimum Gasteiger partial charge on any atom is -0.439 e. The van der Waals surface area contributed by atoms with Crippen LogP contribution in [0.25, 0.3) is 0 Å². The molecule has 0 radical (unpaired) electrons. The van der Waals surface area contributed by atoms with E-state index in [9.17, 15) is 5.26 Å². The quantitative estimate of drug-likeness (QED) is 0.249. The fourth-order valence-corrected chi connectivity index (χ4v) is 3.73. The molecular weight excluding hydrogens is 491 g/mol. The largest absolute Gasteiger partial charge is 0.439 e. The number of aromatic nitrogens is 2. The zero-order chi connectivity index (χ0) is 20.5. The van der Waals surface area contributed by atoms with Crippen molar-refractivity contribution in [3.63, 3.8) is 0 Å². The topological polar surface area (TPSA) is 125 Å². The zero-order valence-electron chi connectivity index (χ0n) is 16.8. The van der Waals surface area contributed by atoms with Gasteiger partial charge in [-0.3, -0.25) is 10.4 Å². The second-order valence-electron chi connectivity index (χ2n) is 7.29. The molecule has 1 aromatic carbocycles. The summed E-state index contributed by atoms with van der Waals surface area (Å²) in [5.41, 5.74) is 11.8. The van der Waals surface area contributed by atoms with Gasteiger partial charge in [0.15, 0.2) is 11.7 Å². The van der Waals surface area contributed by atoms with Crippen molar-refractivity contribution in [2.24, 2.45) is 0 Å². The molecule has 158 valence electrons. The van der Waals surface area contributed by atoms with Gasteiger partial charge in [-0.15, -0.1) is 24.0 Å². The molecule has 0 amide bonds. The summed E-state index contributed by atoms with van der Waals surface area (Å²) in [5, 5.41) is 21.3. The number of halogens is 1. The molecule has 0 spiro atoms. The van der Waals surface area contributed by atoms with Gasteiger partial charge in [-0.2, -0.15) is 5.26 Å². The van der Waals surface area contributed by atoms with E-state index in [1.807, 2.05) is 25.1 Å². The number of rotatable bonds is 4. The second kappa shape index (κ2) is 8.83. The first kappa shape index (κ1) is 21.8. The number of benzene rings is 1. The highest BCUT2D eigenvalue weighted by Crippen LogP contribution is 2.33. The molecule has 2 aromatic heterocycles. The molecule has 0 saturated carbocycles. The van der Waals surface area contributed by atoms with Gasteiger partial charge in [0, 0.05) is 26.7 Å². The molecule has 0 aliphatic heterocycles. The van der Waals surface area contributed by atoms with Crippen LogP contribution in [-0.2, 0) is 6.42 Å². The highest BCUT2D eigenvalue weighted by Gasteiger charge is 2.23. The van der Waals surface area contributed by atoms with Crippen LogP contribution in [0.4, 0.5) is 11.4 Å². The van der Waals surface area contributed by atoms with E-state index >= 15 is 0 Å². The fourth-order valence-electron chi connectivity index (χ4n) is 3.73. The van der Waals surface area contributed by atoms with Crippen molar-refractivity contribution in [2.45, 2.75) is 39.2 Å². The number of nitrogen functional groups attached to an aromatic ring is 1. The lowest BCUT2D eigenvalue weighted by molar-refractivity contribution is 0.513. The van der Waals surface area contributed by atoms with Crippen LogP contribution in [0.3, 0.4) is 0 Å². The van der Waals surface area contributed by atoms with Crippen LogP contribution in [0, 0.1) is 30.6 Å². The molecule has 1 aliphatic rings. The molecule has 30 heavy (non-hydrogen) atoms. The van der Waals surface area contributed by atoms with Gasteiger partial charge in [-0.25, -0.2) is 4.98 Å². The number of oxazole rings is 1. The number of nitrogens with two attached hydrogens (primary N) is 1. The van der Waals surface area contributed by atoms with E-state index in [1.165, 1.54) is 6.20 Å². The van der Waals surface area contributed by atoms with E-state index < -0.39 is 0 Å². The van der Waals surface area contributed by atoms with E-state index in [0.717, 1.165) is 41.9 Å². The summed E-state index contributed by atoms with van der Waals surface area (Å²) in [6.45, 7) is 3.61. The Kier molecular flexibility index (Phi) is 6.41. The molecule has 1 aliphatic carbocycles. The minimum atomic E-state index is 0. The molecule has 2 heterocycles. The van der Waals surface area contributed by atoms with Crippen LogP contribution in [0.15, 0.2) is 34.9 Å². The lowest BCUT2D eigenvalue weighted by atomic mass is 9.90. The Labute approximate surface area is 195 Å². The Morgan fingerprint density at radius 3 is 2.87 bits per heavy atom. The lowest BCUT2D eigenvalue weighted by Crippen LogP contribution is -2.20. The van der Waals surface area contributed by atoms with Gasteiger partial charge >= 0.3 is 0 Å². The Hall–Kier alpha value is -2.93. The number of nitriles is 1. The molecule has 3 aromatic rings. The summed E-state index contributed by atoms with van der Waals surface area (Å²) in [6.07, 6.45) is 4.44. The number of anilines is 2. The maximum Gasteiger partial charge on any atom is 0.191 e. The molecular formula is C22H27IN6O. The molecule has 0 saturated heterocycles. The van der Waals surface area contributed by atoms with Gasteiger partial charge in [0.05, 0.1) is 29.2 Å². The summed E-state index contributed by atoms with van der Waals surface area (Å²) in [5.74, 6) is 0.894. The normalized spacial score (nSPS) is 14.9. The first-order valence-electron chi connectivity index (χ1n) is 9.54. The first-order chi connectivity index (χ1) is 14.0. The number of nitrogens with zero attached hydrogens (tertiary/aromatic N) is 3. The summed E-state index contributed by atoms with van der Waals surface area (Å²) < 4.78 is 5.48. The van der Waals surface area contributed by atoms with Crippen molar-refractivity contribution in [3.05, 3.63) is 70.2 Å². The smallest absolute Gasteiger partial charge is 0.191 e. The number of nitrogens with one attached hydrogen (secondary N) is 2. The second-order valence-corrected chi connectivity index (χ2v) is 7.29. The monoisotopic (exact) mass is 518 g/mol. The van der Waals surface area contributed by atoms with Crippen LogP contribution in [0.2, 0.25) is 0 Å². The predicted molar refractivity (Wildman–Crippen MR) is 131 cm³/mol. The van der Waals surface area contributed by atoms with Gasteiger partial charge in [0.2, 0.25) is 0 Å². The molecule has 4 rings (SSSR count). The predicted octanol–water partition coefficient (Wildman–Crippen LogP) is 5.16. The van der Waals surface area contributed by atoms with E-state index in [4.69, 9.17) is 20.5 Å². The van der Waals surface area contributed by atoms with Crippen molar-refractivity contribution in [2.75, 3.05) is 11.1 Å².